The highest BCUT2D eigenvalue weighted by atomic mass is 16.5. The van der Waals surface area contributed by atoms with E-state index in [0.29, 0.717) is 18.0 Å². The molecule has 1 heterocycles. The minimum atomic E-state index is -0.692. The van der Waals surface area contributed by atoms with Gasteiger partial charge in [0.2, 0.25) is 0 Å². The SMILES string of the molecule is CCCCOc1c(O)c(C(=O)N(C)C)n(-c2ccc(OC)cc2)c1C(=O)OCC. The Morgan fingerprint density at radius 3 is 2.28 bits per heavy atom. The van der Waals surface area contributed by atoms with Crippen LogP contribution in [0.15, 0.2) is 24.3 Å². The van der Waals surface area contributed by atoms with Crippen molar-refractivity contribution in [3.8, 4) is 22.9 Å². The summed E-state index contributed by atoms with van der Waals surface area (Å²) in [4.78, 5) is 27.0. The van der Waals surface area contributed by atoms with E-state index in [1.165, 1.54) is 9.47 Å². The van der Waals surface area contributed by atoms with E-state index in [9.17, 15) is 14.7 Å². The molecule has 158 valence electrons. The third-order valence-corrected chi connectivity index (χ3v) is 4.25. The van der Waals surface area contributed by atoms with Crippen LogP contribution in [0.3, 0.4) is 0 Å². The van der Waals surface area contributed by atoms with Crippen molar-refractivity contribution in [2.24, 2.45) is 0 Å². The van der Waals surface area contributed by atoms with Crippen molar-refractivity contribution in [2.75, 3.05) is 34.4 Å². The maximum absolute atomic E-state index is 12.9. The summed E-state index contributed by atoms with van der Waals surface area (Å²) in [6.45, 7) is 4.11. The van der Waals surface area contributed by atoms with Crippen LogP contribution in [0.1, 0.15) is 47.7 Å². The molecule has 2 rings (SSSR count). The Kier molecular flexibility index (Phi) is 7.52. The standard InChI is InChI=1S/C21H28N2O6/c1-6-8-13-29-19-17(21(26)28-7-2)23(14-9-11-15(27-5)12-10-14)16(18(19)24)20(25)22(3)4/h9-12,24H,6-8,13H2,1-5H3. The first-order chi connectivity index (χ1) is 13.9. The van der Waals surface area contributed by atoms with Gasteiger partial charge in [0.1, 0.15) is 5.75 Å². The average Bonchev–Trinajstić information content (AvgIpc) is 3.00. The van der Waals surface area contributed by atoms with Gasteiger partial charge in [-0.2, -0.15) is 0 Å². The molecule has 0 saturated heterocycles. The van der Waals surface area contributed by atoms with E-state index in [0.717, 1.165) is 12.8 Å². The topological polar surface area (TPSA) is 90.2 Å². The fourth-order valence-electron chi connectivity index (χ4n) is 2.78. The molecule has 1 N–H and O–H groups in total. The normalized spacial score (nSPS) is 10.5. The van der Waals surface area contributed by atoms with Crippen LogP contribution in [0, 0.1) is 0 Å². The smallest absolute Gasteiger partial charge is 0.359 e. The number of carbonyl (C=O) groups excluding carboxylic acids is 2. The number of aromatic hydroxyl groups is 1. The summed E-state index contributed by atoms with van der Waals surface area (Å²) in [6.07, 6.45) is 1.60. The summed E-state index contributed by atoms with van der Waals surface area (Å²) < 4.78 is 17.5. The van der Waals surface area contributed by atoms with Crippen LogP contribution in [-0.2, 0) is 4.74 Å². The molecule has 0 aliphatic carbocycles. The monoisotopic (exact) mass is 404 g/mol. The summed E-state index contributed by atoms with van der Waals surface area (Å²) in [5.41, 5.74) is 0.380. The molecule has 0 fully saturated rings. The van der Waals surface area contributed by atoms with Crippen LogP contribution < -0.4 is 9.47 Å². The van der Waals surface area contributed by atoms with Crippen molar-refractivity contribution in [1.29, 1.82) is 0 Å². The molecule has 0 bridgehead atoms. The molecule has 0 atom stereocenters. The molecule has 0 aliphatic rings. The lowest BCUT2D eigenvalue weighted by Gasteiger charge is -2.15. The molecule has 1 aromatic carbocycles. The lowest BCUT2D eigenvalue weighted by molar-refractivity contribution is 0.0511. The first kappa shape index (κ1) is 22.1. The van der Waals surface area contributed by atoms with Gasteiger partial charge in [-0.05, 0) is 37.6 Å². The zero-order valence-corrected chi connectivity index (χ0v) is 17.5. The Balaban J connectivity index is 2.77. The predicted octanol–water partition coefficient (Wildman–Crippen LogP) is 3.25. The Morgan fingerprint density at radius 1 is 1.10 bits per heavy atom. The Bertz CT molecular complexity index is 855. The first-order valence-corrected chi connectivity index (χ1v) is 9.50. The molecule has 0 radical (unpaired) electrons. The van der Waals surface area contributed by atoms with Gasteiger partial charge in [0.25, 0.3) is 5.91 Å². The minimum Gasteiger partial charge on any atom is -0.503 e. The molecular formula is C21H28N2O6. The van der Waals surface area contributed by atoms with Crippen LogP contribution >= 0.6 is 0 Å². The van der Waals surface area contributed by atoms with Gasteiger partial charge in [-0.25, -0.2) is 4.79 Å². The van der Waals surface area contributed by atoms with Gasteiger partial charge < -0.3 is 24.2 Å². The first-order valence-electron chi connectivity index (χ1n) is 9.50. The van der Waals surface area contributed by atoms with Crippen molar-refractivity contribution in [1.82, 2.24) is 9.47 Å². The van der Waals surface area contributed by atoms with Crippen LogP contribution in [0.5, 0.6) is 17.2 Å². The van der Waals surface area contributed by atoms with Gasteiger partial charge in [-0.15, -0.1) is 0 Å². The van der Waals surface area contributed by atoms with Crippen LogP contribution in [-0.4, -0.2) is 60.9 Å². The second kappa shape index (κ2) is 9.86. The second-order valence-corrected chi connectivity index (χ2v) is 6.53. The summed E-state index contributed by atoms with van der Waals surface area (Å²) in [5.74, 6) is -1.00. The van der Waals surface area contributed by atoms with Gasteiger partial charge in [0, 0.05) is 19.8 Å². The number of carbonyl (C=O) groups is 2. The minimum absolute atomic E-state index is 0.0316. The van der Waals surface area contributed by atoms with E-state index >= 15 is 0 Å². The molecule has 0 saturated carbocycles. The number of ether oxygens (including phenoxy) is 3. The molecule has 0 spiro atoms. The quantitative estimate of drug-likeness (QED) is 0.510. The maximum Gasteiger partial charge on any atom is 0.359 e. The Morgan fingerprint density at radius 2 is 1.76 bits per heavy atom. The molecule has 8 nitrogen and oxygen atoms in total. The number of esters is 1. The maximum atomic E-state index is 12.9. The second-order valence-electron chi connectivity index (χ2n) is 6.53. The summed E-state index contributed by atoms with van der Waals surface area (Å²) in [5, 5.41) is 10.9. The molecule has 0 aliphatic heterocycles. The van der Waals surface area contributed by atoms with E-state index < -0.39 is 17.6 Å². The predicted molar refractivity (Wildman–Crippen MR) is 108 cm³/mol. The van der Waals surface area contributed by atoms with Crippen LogP contribution in [0.25, 0.3) is 5.69 Å². The fraction of sp³-hybridized carbons (Fsp3) is 0.429. The number of nitrogens with zero attached hydrogens (tertiary/aromatic N) is 2. The zero-order chi connectivity index (χ0) is 21.6. The van der Waals surface area contributed by atoms with Gasteiger partial charge in [0.15, 0.2) is 22.9 Å². The molecule has 0 unspecified atom stereocenters. The van der Waals surface area contributed by atoms with Crippen molar-refractivity contribution < 1.29 is 28.9 Å². The van der Waals surface area contributed by atoms with Crippen LogP contribution in [0.4, 0.5) is 0 Å². The highest BCUT2D eigenvalue weighted by molar-refractivity contribution is 6.02. The van der Waals surface area contributed by atoms with E-state index in [2.05, 4.69) is 0 Å². The van der Waals surface area contributed by atoms with E-state index in [-0.39, 0.29) is 23.7 Å². The number of aromatic nitrogens is 1. The van der Waals surface area contributed by atoms with Crippen LogP contribution in [0.2, 0.25) is 0 Å². The third-order valence-electron chi connectivity index (χ3n) is 4.25. The largest absolute Gasteiger partial charge is 0.503 e. The van der Waals surface area contributed by atoms with Gasteiger partial charge in [-0.1, -0.05) is 13.3 Å². The molecule has 29 heavy (non-hydrogen) atoms. The highest BCUT2D eigenvalue weighted by Gasteiger charge is 2.34. The lowest BCUT2D eigenvalue weighted by atomic mass is 10.2. The number of unbranched alkanes of at least 4 members (excludes halogenated alkanes) is 1. The van der Waals surface area contributed by atoms with E-state index in [1.807, 2.05) is 6.92 Å². The van der Waals surface area contributed by atoms with Crippen molar-refractivity contribution >= 4 is 11.9 Å². The van der Waals surface area contributed by atoms with Gasteiger partial charge >= 0.3 is 5.97 Å². The zero-order valence-electron chi connectivity index (χ0n) is 17.5. The molecule has 1 amide bonds. The third kappa shape index (κ3) is 4.64. The van der Waals surface area contributed by atoms with E-state index in [1.54, 1.807) is 52.4 Å². The molecule has 2 aromatic rings. The molecular weight excluding hydrogens is 376 g/mol. The van der Waals surface area contributed by atoms with E-state index in [4.69, 9.17) is 14.2 Å². The highest BCUT2D eigenvalue weighted by Crippen LogP contribution is 2.40. The summed E-state index contributed by atoms with van der Waals surface area (Å²) in [6, 6.07) is 6.76. The number of methoxy groups -OCH3 is 1. The number of amides is 1. The number of rotatable bonds is 9. The van der Waals surface area contributed by atoms with Crippen molar-refractivity contribution in [3.05, 3.63) is 35.7 Å². The number of hydrogen-bond acceptors (Lipinski definition) is 6. The van der Waals surface area contributed by atoms with Crippen molar-refractivity contribution in [2.45, 2.75) is 26.7 Å². The summed E-state index contributed by atoms with van der Waals surface area (Å²) in [7, 11) is 4.67. The molecule has 8 heteroatoms. The average molecular weight is 404 g/mol. The fourth-order valence-corrected chi connectivity index (χ4v) is 2.78. The van der Waals surface area contributed by atoms with Gasteiger partial charge in [0.05, 0.1) is 20.3 Å². The Hall–Kier alpha value is -3.16. The lowest BCUT2D eigenvalue weighted by Crippen LogP contribution is -2.25. The summed E-state index contributed by atoms with van der Waals surface area (Å²) >= 11 is 0. The number of hydrogen-bond donors (Lipinski definition) is 1. The Labute approximate surface area is 170 Å². The number of benzene rings is 1. The van der Waals surface area contributed by atoms with Crippen molar-refractivity contribution in [3.63, 3.8) is 0 Å². The molecule has 1 aromatic heterocycles. The van der Waals surface area contributed by atoms with Gasteiger partial charge in [-0.3, -0.25) is 9.36 Å².